The van der Waals surface area contributed by atoms with Crippen LogP contribution in [0.1, 0.15) is 17.4 Å². The van der Waals surface area contributed by atoms with Crippen molar-refractivity contribution in [3.8, 4) is 0 Å². The van der Waals surface area contributed by atoms with Crippen LogP contribution >= 0.6 is 0 Å². The van der Waals surface area contributed by atoms with E-state index in [4.69, 9.17) is 4.42 Å². The summed E-state index contributed by atoms with van der Waals surface area (Å²) in [6, 6.07) is 12.8. The number of furan rings is 1. The molecule has 1 aromatic carbocycles. The quantitative estimate of drug-likeness (QED) is 0.742. The molecule has 0 bridgehead atoms. The minimum atomic E-state index is -0.507. The van der Waals surface area contributed by atoms with E-state index in [1.807, 2.05) is 36.4 Å². The minimum Gasteiger partial charge on any atom is -0.467 e. The van der Waals surface area contributed by atoms with Crippen molar-refractivity contribution in [3.63, 3.8) is 0 Å². The zero-order valence-electron chi connectivity index (χ0n) is 11.8. The van der Waals surface area contributed by atoms with Crippen molar-refractivity contribution in [3.05, 3.63) is 66.4 Å². The number of benzene rings is 1. The van der Waals surface area contributed by atoms with Gasteiger partial charge in [-0.1, -0.05) is 30.3 Å². The average molecular weight is 297 g/mol. The van der Waals surface area contributed by atoms with Crippen molar-refractivity contribution in [2.75, 3.05) is 0 Å². The lowest BCUT2D eigenvalue weighted by Gasteiger charge is -2.16. The Morgan fingerprint density at radius 3 is 2.77 bits per heavy atom. The van der Waals surface area contributed by atoms with Gasteiger partial charge in [-0.05, 0) is 28.1 Å². The summed E-state index contributed by atoms with van der Waals surface area (Å²) < 4.78 is 6.67. The van der Waals surface area contributed by atoms with Gasteiger partial charge >= 0.3 is 0 Å². The Kier molecular flexibility index (Phi) is 4.24. The highest BCUT2D eigenvalue weighted by Gasteiger charge is 2.22. The Hall–Kier alpha value is -2.96. The van der Waals surface area contributed by atoms with Crippen molar-refractivity contribution in [2.45, 2.75) is 19.0 Å². The Morgan fingerprint density at radius 2 is 2.09 bits per heavy atom. The van der Waals surface area contributed by atoms with Crippen molar-refractivity contribution in [1.82, 2.24) is 25.5 Å². The van der Waals surface area contributed by atoms with Gasteiger partial charge in [-0.2, -0.15) is 0 Å². The maximum Gasteiger partial charge on any atom is 0.245 e. The van der Waals surface area contributed by atoms with Gasteiger partial charge in [0, 0.05) is 6.42 Å². The number of carbonyl (C=O) groups is 1. The molecule has 0 spiro atoms. The van der Waals surface area contributed by atoms with E-state index >= 15 is 0 Å². The summed E-state index contributed by atoms with van der Waals surface area (Å²) in [5.41, 5.74) is 1.04. The highest BCUT2D eigenvalue weighted by atomic mass is 16.3. The average Bonchev–Trinajstić information content (AvgIpc) is 3.24. The first-order valence-corrected chi connectivity index (χ1v) is 6.89. The SMILES string of the molecule is O=C(NCc1ccco1)[C@H](Cc1ccccc1)n1cnnn1. The van der Waals surface area contributed by atoms with E-state index < -0.39 is 6.04 Å². The molecule has 0 radical (unpaired) electrons. The van der Waals surface area contributed by atoms with Gasteiger partial charge in [0.1, 0.15) is 18.1 Å². The molecule has 7 nitrogen and oxygen atoms in total. The Bertz CT molecular complexity index is 695. The molecule has 1 amide bonds. The zero-order chi connectivity index (χ0) is 15.2. The highest BCUT2D eigenvalue weighted by Crippen LogP contribution is 2.13. The lowest BCUT2D eigenvalue weighted by molar-refractivity contribution is -0.124. The molecule has 7 heteroatoms. The van der Waals surface area contributed by atoms with Crippen molar-refractivity contribution >= 4 is 5.91 Å². The number of hydrogen-bond donors (Lipinski definition) is 1. The molecule has 3 rings (SSSR count). The summed E-state index contributed by atoms with van der Waals surface area (Å²) in [4.78, 5) is 12.5. The molecule has 0 saturated carbocycles. The van der Waals surface area contributed by atoms with Crippen LogP contribution in [0, 0.1) is 0 Å². The Labute approximate surface area is 126 Å². The minimum absolute atomic E-state index is 0.160. The maximum atomic E-state index is 12.5. The van der Waals surface area contributed by atoms with Gasteiger partial charge < -0.3 is 9.73 Å². The van der Waals surface area contributed by atoms with Crippen LogP contribution in [0.3, 0.4) is 0 Å². The first-order chi connectivity index (χ1) is 10.8. The van der Waals surface area contributed by atoms with Crippen LogP contribution < -0.4 is 5.32 Å². The fraction of sp³-hybridized carbons (Fsp3) is 0.200. The van der Waals surface area contributed by atoms with Crippen LogP contribution in [0.25, 0.3) is 0 Å². The molecule has 0 fully saturated rings. The molecule has 1 atom stereocenters. The second kappa shape index (κ2) is 6.66. The van der Waals surface area contributed by atoms with Gasteiger partial charge in [0.25, 0.3) is 0 Å². The molecular formula is C15H15N5O2. The molecule has 2 heterocycles. The number of nitrogens with one attached hydrogen (secondary N) is 1. The standard InChI is InChI=1S/C15H15N5O2/c21-15(16-10-13-7-4-8-22-13)14(20-11-17-18-19-20)9-12-5-2-1-3-6-12/h1-8,11,14H,9-10H2,(H,16,21)/t14-/m0/s1. The normalized spacial score (nSPS) is 12.0. The van der Waals surface area contributed by atoms with Crippen molar-refractivity contribution < 1.29 is 9.21 Å². The second-order valence-corrected chi connectivity index (χ2v) is 4.79. The first kappa shape index (κ1) is 14.0. The van der Waals surface area contributed by atoms with Crippen LogP contribution in [0.15, 0.2) is 59.5 Å². The maximum absolute atomic E-state index is 12.5. The monoisotopic (exact) mass is 297 g/mol. The molecule has 1 N–H and O–H groups in total. The van der Waals surface area contributed by atoms with E-state index in [-0.39, 0.29) is 5.91 Å². The van der Waals surface area contributed by atoms with Gasteiger partial charge in [0.15, 0.2) is 0 Å². The van der Waals surface area contributed by atoms with E-state index in [1.165, 1.54) is 11.0 Å². The molecule has 0 aliphatic carbocycles. The van der Waals surface area contributed by atoms with Crippen LogP contribution in [-0.2, 0) is 17.8 Å². The number of tetrazole rings is 1. The molecule has 0 aliphatic heterocycles. The zero-order valence-corrected chi connectivity index (χ0v) is 11.8. The van der Waals surface area contributed by atoms with E-state index in [0.29, 0.717) is 18.7 Å². The number of rotatable bonds is 6. The summed E-state index contributed by atoms with van der Waals surface area (Å²) in [6.45, 7) is 0.333. The fourth-order valence-electron chi connectivity index (χ4n) is 2.16. The van der Waals surface area contributed by atoms with Crippen LogP contribution in [0.5, 0.6) is 0 Å². The Morgan fingerprint density at radius 1 is 1.23 bits per heavy atom. The molecule has 0 saturated heterocycles. The third-order valence-electron chi connectivity index (χ3n) is 3.28. The number of nitrogens with zero attached hydrogens (tertiary/aromatic N) is 4. The number of amides is 1. The summed E-state index contributed by atoms with van der Waals surface area (Å²) >= 11 is 0. The highest BCUT2D eigenvalue weighted by molar-refractivity contribution is 5.80. The predicted molar refractivity (Wildman–Crippen MR) is 77.6 cm³/mol. The van der Waals surface area contributed by atoms with Crippen molar-refractivity contribution in [1.29, 1.82) is 0 Å². The van der Waals surface area contributed by atoms with Crippen molar-refractivity contribution in [2.24, 2.45) is 0 Å². The van der Waals surface area contributed by atoms with Gasteiger partial charge in [0.05, 0.1) is 12.8 Å². The Balaban J connectivity index is 1.72. The topological polar surface area (TPSA) is 85.8 Å². The molecule has 0 unspecified atom stereocenters. The number of carbonyl (C=O) groups excluding carboxylic acids is 1. The summed E-state index contributed by atoms with van der Waals surface area (Å²) in [5.74, 6) is 0.538. The van der Waals surface area contributed by atoms with E-state index in [0.717, 1.165) is 5.56 Å². The van der Waals surface area contributed by atoms with Crippen LogP contribution in [0.4, 0.5) is 0 Å². The third kappa shape index (κ3) is 3.38. The molecular weight excluding hydrogens is 282 g/mol. The molecule has 22 heavy (non-hydrogen) atoms. The number of hydrogen-bond acceptors (Lipinski definition) is 5. The fourth-order valence-corrected chi connectivity index (χ4v) is 2.16. The van der Waals surface area contributed by atoms with E-state index in [2.05, 4.69) is 20.8 Å². The van der Waals surface area contributed by atoms with Gasteiger partial charge in [-0.15, -0.1) is 5.10 Å². The molecule has 2 aromatic heterocycles. The largest absolute Gasteiger partial charge is 0.467 e. The number of aromatic nitrogens is 4. The molecule has 3 aromatic rings. The van der Waals surface area contributed by atoms with E-state index in [9.17, 15) is 4.79 Å². The van der Waals surface area contributed by atoms with Crippen LogP contribution in [-0.4, -0.2) is 26.1 Å². The summed E-state index contributed by atoms with van der Waals surface area (Å²) in [7, 11) is 0. The lowest BCUT2D eigenvalue weighted by atomic mass is 10.1. The summed E-state index contributed by atoms with van der Waals surface area (Å²) in [5, 5.41) is 13.9. The predicted octanol–water partition coefficient (Wildman–Crippen LogP) is 1.37. The van der Waals surface area contributed by atoms with Gasteiger partial charge in [0.2, 0.25) is 5.91 Å². The van der Waals surface area contributed by atoms with E-state index in [1.54, 1.807) is 12.3 Å². The van der Waals surface area contributed by atoms with Gasteiger partial charge in [-0.25, -0.2) is 4.68 Å². The first-order valence-electron chi connectivity index (χ1n) is 6.89. The second-order valence-electron chi connectivity index (χ2n) is 4.79. The van der Waals surface area contributed by atoms with Crippen LogP contribution in [0.2, 0.25) is 0 Å². The smallest absolute Gasteiger partial charge is 0.245 e. The summed E-state index contributed by atoms with van der Waals surface area (Å²) in [6.07, 6.45) is 3.53. The third-order valence-corrected chi connectivity index (χ3v) is 3.28. The lowest BCUT2D eigenvalue weighted by Crippen LogP contribution is -2.33. The van der Waals surface area contributed by atoms with Gasteiger partial charge in [-0.3, -0.25) is 4.79 Å². The molecule has 0 aliphatic rings. The molecule has 112 valence electrons.